The molecule has 0 aliphatic rings. The summed E-state index contributed by atoms with van der Waals surface area (Å²) in [4.78, 5) is 28.1. The summed E-state index contributed by atoms with van der Waals surface area (Å²) in [5, 5.41) is 13.7. The van der Waals surface area contributed by atoms with Gasteiger partial charge in [0.2, 0.25) is 11.2 Å². The SMILES string of the molecule is CC(C)n1[nH]c(=O)c2c(-c3cccc(OC(F)F)c3)c3oc4c(O)c(=O)ccc4c3[nH]c21. The molecule has 0 bridgehead atoms. The molecule has 3 heterocycles. The van der Waals surface area contributed by atoms with Crippen LogP contribution in [0.5, 0.6) is 11.5 Å². The van der Waals surface area contributed by atoms with Gasteiger partial charge in [-0.3, -0.25) is 19.4 Å². The van der Waals surface area contributed by atoms with Crippen molar-refractivity contribution >= 4 is 33.1 Å². The van der Waals surface area contributed by atoms with Gasteiger partial charge in [0.05, 0.1) is 10.9 Å². The van der Waals surface area contributed by atoms with Gasteiger partial charge in [-0.05, 0) is 43.7 Å². The first-order valence-corrected chi connectivity index (χ1v) is 9.76. The van der Waals surface area contributed by atoms with Crippen LogP contribution in [0.3, 0.4) is 0 Å². The van der Waals surface area contributed by atoms with Crippen LogP contribution in [0.4, 0.5) is 8.78 Å². The maximum absolute atomic E-state index is 13.0. The number of H-pyrrole nitrogens is 2. The number of halogens is 2. The van der Waals surface area contributed by atoms with E-state index >= 15 is 0 Å². The number of alkyl halides is 2. The molecular weight excluding hydrogens is 424 g/mol. The monoisotopic (exact) mass is 441 g/mol. The number of benzene rings is 2. The van der Waals surface area contributed by atoms with E-state index in [2.05, 4.69) is 14.8 Å². The van der Waals surface area contributed by atoms with Gasteiger partial charge in [-0.15, -0.1) is 0 Å². The summed E-state index contributed by atoms with van der Waals surface area (Å²) in [5.41, 5.74) is 0.709. The maximum atomic E-state index is 13.0. The number of furan rings is 1. The predicted molar refractivity (Wildman–Crippen MR) is 115 cm³/mol. The van der Waals surface area contributed by atoms with Crippen molar-refractivity contribution in [3.63, 3.8) is 0 Å². The Bertz CT molecular complexity index is 1620. The van der Waals surface area contributed by atoms with Crippen LogP contribution in [0.2, 0.25) is 0 Å². The number of phenols is 1. The molecular formula is C22H17F2N3O5. The Labute approximate surface area is 177 Å². The average Bonchev–Trinajstić information content (AvgIpc) is 3.27. The zero-order valence-electron chi connectivity index (χ0n) is 16.9. The lowest BCUT2D eigenvalue weighted by atomic mass is 10.0. The van der Waals surface area contributed by atoms with Gasteiger partial charge in [-0.1, -0.05) is 12.1 Å². The minimum absolute atomic E-state index is 0.0369. The number of hydrogen-bond acceptors (Lipinski definition) is 5. The minimum Gasteiger partial charge on any atom is -0.502 e. The highest BCUT2D eigenvalue weighted by molar-refractivity contribution is 6.15. The molecule has 8 nitrogen and oxygen atoms in total. The summed E-state index contributed by atoms with van der Waals surface area (Å²) in [5.74, 6) is -0.648. The van der Waals surface area contributed by atoms with E-state index in [0.29, 0.717) is 27.7 Å². The third-order valence-electron chi connectivity index (χ3n) is 5.31. The van der Waals surface area contributed by atoms with Gasteiger partial charge < -0.3 is 19.2 Å². The molecule has 0 fully saturated rings. The van der Waals surface area contributed by atoms with Crippen LogP contribution in [0.15, 0.2) is 50.4 Å². The Morgan fingerprint density at radius 2 is 1.91 bits per heavy atom. The molecule has 5 rings (SSSR count). The number of pyridine rings is 1. The summed E-state index contributed by atoms with van der Waals surface area (Å²) < 4.78 is 37.6. The highest BCUT2D eigenvalue weighted by Crippen LogP contribution is 2.40. The molecule has 0 saturated carbocycles. The van der Waals surface area contributed by atoms with Crippen LogP contribution < -0.4 is 15.7 Å². The molecule has 5 aromatic rings. The highest BCUT2D eigenvalue weighted by atomic mass is 19.3. The number of ether oxygens (including phenoxy) is 1. The van der Waals surface area contributed by atoms with Crippen molar-refractivity contribution in [3.05, 3.63) is 57.0 Å². The molecule has 0 spiro atoms. The van der Waals surface area contributed by atoms with Crippen LogP contribution in [0, 0.1) is 0 Å². The number of aromatic hydroxyl groups is 1. The van der Waals surface area contributed by atoms with Crippen LogP contribution >= 0.6 is 0 Å². The number of hydrogen-bond donors (Lipinski definition) is 3. The molecule has 3 aromatic heterocycles. The third kappa shape index (κ3) is 2.87. The first kappa shape index (κ1) is 19.9. The molecule has 0 saturated heterocycles. The fraction of sp³-hybridized carbons (Fsp3) is 0.182. The van der Waals surface area contributed by atoms with Gasteiger partial charge in [0.15, 0.2) is 11.2 Å². The Kier molecular flexibility index (Phi) is 4.33. The first-order chi connectivity index (χ1) is 15.3. The number of nitrogens with one attached hydrogen (secondary N) is 2. The van der Waals surface area contributed by atoms with Gasteiger partial charge in [-0.2, -0.15) is 8.78 Å². The molecule has 0 radical (unpaired) electrons. The van der Waals surface area contributed by atoms with E-state index in [0.717, 1.165) is 0 Å². The van der Waals surface area contributed by atoms with Gasteiger partial charge in [-0.25, -0.2) is 0 Å². The summed E-state index contributed by atoms with van der Waals surface area (Å²) in [6.45, 7) is 0.749. The van der Waals surface area contributed by atoms with E-state index in [4.69, 9.17) is 4.42 Å². The molecule has 0 atom stereocenters. The standard InChI is InChI=1S/C22H17F2N3O5/c1-9(2)27-20-15(21(30)26-27)14(10-4-3-5-11(8-10)31-22(23)24)19-16(25-20)12-6-7-13(28)17(29)18(12)32-19/h3-9,22,25,29H,1-2H3,(H,26,30). The lowest BCUT2D eigenvalue weighted by molar-refractivity contribution is -0.0498. The molecule has 32 heavy (non-hydrogen) atoms. The maximum Gasteiger partial charge on any atom is 0.387 e. The molecule has 0 aliphatic heterocycles. The Hall–Kier alpha value is -4.08. The van der Waals surface area contributed by atoms with Crippen molar-refractivity contribution in [1.29, 1.82) is 0 Å². The molecule has 2 aromatic carbocycles. The van der Waals surface area contributed by atoms with Crippen molar-refractivity contribution in [2.24, 2.45) is 0 Å². The van der Waals surface area contributed by atoms with Crippen LogP contribution in [0.1, 0.15) is 19.9 Å². The van der Waals surface area contributed by atoms with Crippen molar-refractivity contribution in [2.75, 3.05) is 0 Å². The predicted octanol–water partition coefficient (Wildman–Crippen LogP) is 4.47. The third-order valence-corrected chi connectivity index (χ3v) is 5.31. The molecule has 10 heteroatoms. The van der Waals surface area contributed by atoms with Crippen LogP contribution in [-0.2, 0) is 0 Å². The fourth-order valence-corrected chi connectivity index (χ4v) is 3.96. The number of nitrogens with zero attached hydrogens (tertiary/aromatic N) is 1. The van der Waals surface area contributed by atoms with E-state index in [1.807, 2.05) is 13.8 Å². The summed E-state index contributed by atoms with van der Waals surface area (Å²) in [6.07, 6.45) is 0. The number of phenolic OH excluding ortho intramolecular Hbond substituents is 1. The van der Waals surface area contributed by atoms with Crippen LogP contribution in [-0.4, -0.2) is 26.5 Å². The highest BCUT2D eigenvalue weighted by Gasteiger charge is 2.24. The van der Waals surface area contributed by atoms with E-state index in [1.54, 1.807) is 10.7 Å². The summed E-state index contributed by atoms with van der Waals surface area (Å²) in [7, 11) is 0. The second kappa shape index (κ2) is 6.98. The van der Waals surface area contributed by atoms with E-state index < -0.39 is 23.3 Å². The Morgan fingerprint density at radius 3 is 2.62 bits per heavy atom. The molecule has 0 aliphatic carbocycles. The second-order valence-electron chi connectivity index (χ2n) is 7.63. The average molecular weight is 441 g/mol. The summed E-state index contributed by atoms with van der Waals surface area (Å²) >= 11 is 0. The van der Waals surface area contributed by atoms with Crippen molar-refractivity contribution in [2.45, 2.75) is 26.5 Å². The molecule has 164 valence electrons. The topological polar surface area (TPSA) is 113 Å². The van der Waals surface area contributed by atoms with Gasteiger partial charge in [0.1, 0.15) is 11.4 Å². The fourth-order valence-electron chi connectivity index (χ4n) is 3.96. The van der Waals surface area contributed by atoms with E-state index in [-0.39, 0.29) is 28.3 Å². The minimum atomic E-state index is -3.02. The Morgan fingerprint density at radius 1 is 1.12 bits per heavy atom. The smallest absolute Gasteiger partial charge is 0.387 e. The Balaban J connectivity index is 1.98. The van der Waals surface area contributed by atoms with Gasteiger partial charge in [0.25, 0.3) is 5.56 Å². The number of aromatic amines is 2. The normalized spacial score (nSPS) is 12.1. The molecule has 0 amide bonds. The largest absolute Gasteiger partial charge is 0.502 e. The van der Waals surface area contributed by atoms with Crippen LogP contribution in [0.25, 0.3) is 44.2 Å². The number of rotatable bonds is 4. The number of aromatic nitrogens is 3. The van der Waals surface area contributed by atoms with E-state index in [9.17, 15) is 23.5 Å². The lowest BCUT2D eigenvalue weighted by Gasteiger charge is -2.11. The zero-order valence-corrected chi connectivity index (χ0v) is 16.9. The summed E-state index contributed by atoms with van der Waals surface area (Å²) in [6, 6.07) is 8.50. The van der Waals surface area contributed by atoms with E-state index in [1.165, 1.54) is 30.3 Å². The second-order valence-corrected chi connectivity index (χ2v) is 7.63. The lowest BCUT2D eigenvalue weighted by Crippen LogP contribution is -2.07. The van der Waals surface area contributed by atoms with Gasteiger partial charge in [0, 0.05) is 17.0 Å². The quantitative estimate of drug-likeness (QED) is 0.381. The van der Waals surface area contributed by atoms with Gasteiger partial charge >= 0.3 is 6.61 Å². The van der Waals surface area contributed by atoms with Crippen molar-refractivity contribution < 1.29 is 23.0 Å². The van der Waals surface area contributed by atoms with Crippen molar-refractivity contribution in [1.82, 2.24) is 14.8 Å². The molecule has 0 unspecified atom stereocenters. The van der Waals surface area contributed by atoms with Crippen molar-refractivity contribution in [3.8, 4) is 22.6 Å². The number of fused-ring (bicyclic) bond motifs is 4. The molecule has 3 N–H and O–H groups in total. The zero-order chi connectivity index (χ0) is 22.7. The first-order valence-electron chi connectivity index (χ1n) is 9.76.